The summed E-state index contributed by atoms with van der Waals surface area (Å²) in [6.45, 7) is 6.14. The highest BCUT2D eigenvalue weighted by Crippen LogP contribution is 2.46. The standard InChI is InChI=1S/C18H22F2N2/c1-13-21-11-12-22(13)17(14-3-5-15(19)6-4-14)18(2)9-7-16(20)8-10-18/h3-9,13,17,21H,10-12H2,1-2H3. The van der Waals surface area contributed by atoms with Crippen molar-refractivity contribution in [1.29, 1.82) is 0 Å². The molecule has 0 spiro atoms. The summed E-state index contributed by atoms with van der Waals surface area (Å²) in [6, 6.07) is 6.78. The van der Waals surface area contributed by atoms with Crippen molar-refractivity contribution in [2.45, 2.75) is 32.5 Å². The van der Waals surface area contributed by atoms with E-state index in [1.807, 2.05) is 18.2 Å². The van der Waals surface area contributed by atoms with E-state index in [1.165, 1.54) is 12.1 Å². The minimum Gasteiger partial charge on any atom is -0.301 e. The minimum absolute atomic E-state index is 0.0821. The van der Waals surface area contributed by atoms with Crippen LogP contribution in [-0.4, -0.2) is 24.2 Å². The molecule has 1 aliphatic heterocycles. The summed E-state index contributed by atoms with van der Waals surface area (Å²) in [5, 5.41) is 3.43. The third kappa shape index (κ3) is 2.85. The van der Waals surface area contributed by atoms with Gasteiger partial charge in [-0.15, -0.1) is 0 Å². The zero-order valence-corrected chi connectivity index (χ0v) is 13.0. The topological polar surface area (TPSA) is 15.3 Å². The second-order valence-corrected chi connectivity index (χ2v) is 6.45. The van der Waals surface area contributed by atoms with Gasteiger partial charge in [-0.2, -0.15) is 0 Å². The Morgan fingerprint density at radius 2 is 2.00 bits per heavy atom. The predicted molar refractivity (Wildman–Crippen MR) is 84.4 cm³/mol. The number of benzene rings is 1. The normalized spacial score (nSPS) is 30.4. The van der Waals surface area contributed by atoms with Crippen molar-refractivity contribution in [2.24, 2.45) is 5.41 Å². The highest BCUT2D eigenvalue weighted by atomic mass is 19.1. The number of halogens is 2. The molecule has 0 radical (unpaired) electrons. The number of hydrogen-bond acceptors (Lipinski definition) is 2. The molecule has 118 valence electrons. The molecule has 4 heteroatoms. The van der Waals surface area contributed by atoms with Crippen LogP contribution in [0, 0.1) is 11.2 Å². The van der Waals surface area contributed by atoms with Crippen LogP contribution in [0.25, 0.3) is 0 Å². The molecule has 1 aromatic rings. The fourth-order valence-corrected chi connectivity index (χ4v) is 3.59. The Morgan fingerprint density at radius 1 is 1.27 bits per heavy atom. The van der Waals surface area contributed by atoms with Gasteiger partial charge < -0.3 is 5.32 Å². The van der Waals surface area contributed by atoms with Crippen LogP contribution in [0.2, 0.25) is 0 Å². The van der Waals surface area contributed by atoms with Crippen LogP contribution in [0.1, 0.15) is 31.9 Å². The van der Waals surface area contributed by atoms with E-state index in [-0.39, 0.29) is 29.3 Å². The molecule has 1 heterocycles. The average Bonchev–Trinajstić information content (AvgIpc) is 2.91. The van der Waals surface area contributed by atoms with Crippen LogP contribution < -0.4 is 5.32 Å². The summed E-state index contributed by atoms with van der Waals surface area (Å²) < 4.78 is 26.7. The number of allylic oxidation sites excluding steroid dienone is 3. The second-order valence-electron chi connectivity index (χ2n) is 6.45. The fourth-order valence-electron chi connectivity index (χ4n) is 3.59. The maximum absolute atomic E-state index is 13.4. The Labute approximate surface area is 130 Å². The number of nitrogens with zero attached hydrogens (tertiary/aromatic N) is 1. The quantitative estimate of drug-likeness (QED) is 0.910. The van der Waals surface area contributed by atoms with Gasteiger partial charge in [-0.1, -0.05) is 25.1 Å². The molecule has 0 amide bonds. The van der Waals surface area contributed by atoms with Crippen LogP contribution in [0.4, 0.5) is 8.78 Å². The molecular formula is C18H22F2N2. The molecule has 0 aromatic heterocycles. The first-order chi connectivity index (χ1) is 10.5. The van der Waals surface area contributed by atoms with Crippen molar-refractivity contribution in [3.8, 4) is 0 Å². The van der Waals surface area contributed by atoms with Gasteiger partial charge in [-0.3, -0.25) is 4.90 Å². The minimum atomic E-state index is -0.231. The molecule has 1 N–H and O–H groups in total. The molecule has 0 bridgehead atoms. The first-order valence-electron chi connectivity index (χ1n) is 7.79. The third-order valence-corrected chi connectivity index (χ3v) is 4.81. The molecule has 3 atom stereocenters. The summed E-state index contributed by atoms with van der Waals surface area (Å²) in [6.07, 6.45) is 6.04. The van der Waals surface area contributed by atoms with Gasteiger partial charge in [0.05, 0.1) is 6.17 Å². The SMILES string of the molecule is CC1NCCN1C(c1ccc(F)cc1)C1(C)C=CC(F)=CC1. The van der Waals surface area contributed by atoms with Gasteiger partial charge in [0.1, 0.15) is 11.6 Å². The largest absolute Gasteiger partial charge is 0.301 e. The Hall–Kier alpha value is -1.52. The first-order valence-corrected chi connectivity index (χ1v) is 7.79. The molecule has 1 fully saturated rings. The Balaban J connectivity index is 1.99. The van der Waals surface area contributed by atoms with Crippen LogP contribution in [0.3, 0.4) is 0 Å². The van der Waals surface area contributed by atoms with E-state index in [2.05, 4.69) is 24.1 Å². The van der Waals surface area contributed by atoms with Crippen molar-refractivity contribution < 1.29 is 8.78 Å². The lowest BCUT2D eigenvalue weighted by Crippen LogP contribution is -2.43. The molecule has 1 aliphatic carbocycles. The van der Waals surface area contributed by atoms with Crippen molar-refractivity contribution in [3.63, 3.8) is 0 Å². The molecule has 2 nitrogen and oxygen atoms in total. The van der Waals surface area contributed by atoms with Crippen molar-refractivity contribution >= 4 is 0 Å². The molecule has 3 rings (SSSR count). The predicted octanol–water partition coefficient (Wildman–Crippen LogP) is 3.94. The van der Waals surface area contributed by atoms with E-state index in [9.17, 15) is 8.78 Å². The Morgan fingerprint density at radius 3 is 2.55 bits per heavy atom. The molecule has 1 aromatic carbocycles. The van der Waals surface area contributed by atoms with Gasteiger partial charge in [0, 0.05) is 24.5 Å². The lowest BCUT2D eigenvalue weighted by Gasteiger charge is -2.43. The van der Waals surface area contributed by atoms with Gasteiger partial charge in [-0.25, -0.2) is 8.78 Å². The van der Waals surface area contributed by atoms with Crippen LogP contribution >= 0.6 is 0 Å². The first kappa shape index (κ1) is 15.4. The average molecular weight is 304 g/mol. The van der Waals surface area contributed by atoms with Crippen molar-refractivity contribution in [1.82, 2.24) is 10.2 Å². The van der Waals surface area contributed by atoms with Crippen molar-refractivity contribution in [3.05, 3.63) is 59.7 Å². The molecular weight excluding hydrogens is 282 g/mol. The van der Waals surface area contributed by atoms with Crippen LogP contribution in [-0.2, 0) is 0 Å². The summed E-state index contributed by atoms with van der Waals surface area (Å²) in [4.78, 5) is 2.38. The second kappa shape index (κ2) is 5.94. The fraction of sp³-hybridized carbons (Fsp3) is 0.444. The van der Waals surface area contributed by atoms with Gasteiger partial charge in [0.15, 0.2) is 0 Å². The van der Waals surface area contributed by atoms with Crippen LogP contribution in [0.15, 0.2) is 48.3 Å². The Kier molecular flexibility index (Phi) is 4.15. The van der Waals surface area contributed by atoms with Gasteiger partial charge in [0.2, 0.25) is 0 Å². The maximum Gasteiger partial charge on any atom is 0.123 e. The molecule has 2 aliphatic rings. The zero-order chi connectivity index (χ0) is 15.7. The lowest BCUT2D eigenvalue weighted by molar-refractivity contribution is 0.0954. The molecule has 3 unspecified atom stereocenters. The molecule has 0 saturated carbocycles. The highest BCUT2D eigenvalue weighted by molar-refractivity contribution is 5.30. The zero-order valence-electron chi connectivity index (χ0n) is 13.0. The monoisotopic (exact) mass is 304 g/mol. The summed E-state index contributed by atoms with van der Waals surface area (Å²) in [7, 11) is 0. The lowest BCUT2D eigenvalue weighted by atomic mass is 9.73. The van der Waals surface area contributed by atoms with Gasteiger partial charge >= 0.3 is 0 Å². The Bertz CT molecular complexity index is 594. The van der Waals surface area contributed by atoms with Crippen molar-refractivity contribution in [2.75, 3.05) is 13.1 Å². The summed E-state index contributed by atoms with van der Waals surface area (Å²) >= 11 is 0. The maximum atomic E-state index is 13.4. The number of nitrogens with one attached hydrogen (secondary N) is 1. The van der Waals surface area contributed by atoms with E-state index in [0.717, 1.165) is 18.7 Å². The summed E-state index contributed by atoms with van der Waals surface area (Å²) in [5.41, 5.74) is 0.855. The van der Waals surface area contributed by atoms with Gasteiger partial charge in [-0.05, 0) is 43.2 Å². The molecule has 22 heavy (non-hydrogen) atoms. The van der Waals surface area contributed by atoms with Crippen LogP contribution in [0.5, 0.6) is 0 Å². The van der Waals surface area contributed by atoms with E-state index in [1.54, 1.807) is 12.2 Å². The number of rotatable bonds is 3. The molecule has 1 saturated heterocycles. The third-order valence-electron chi connectivity index (χ3n) is 4.81. The van der Waals surface area contributed by atoms with E-state index in [4.69, 9.17) is 0 Å². The number of hydrogen-bond donors (Lipinski definition) is 1. The smallest absolute Gasteiger partial charge is 0.123 e. The van der Waals surface area contributed by atoms with E-state index >= 15 is 0 Å². The van der Waals surface area contributed by atoms with E-state index < -0.39 is 0 Å². The summed E-state index contributed by atoms with van der Waals surface area (Å²) in [5.74, 6) is -0.409. The van der Waals surface area contributed by atoms with E-state index in [0.29, 0.717) is 6.42 Å². The van der Waals surface area contributed by atoms with Gasteiger partial charge in [0.25, 0.3) is 0 Å². The highest BCUT2D eigenvalue weighted by Gasteiger charge is 2.41.